The number of carbonyl (C=O) groups excluding carboxylic acids is 1. The summed E-state index contributed by atoms with van der Waals surface area (Å²) in [6.07, 6.45) is -0.160. The highest BCUT2D eigenvalue weighted by Crippen LogP contribution is 2.24. The second-order valence-corrected chi connectivity index (χ2v) is 5.89. The third-order valence-corrected chi connectivity index (χ3v) is 4.16. The number of nitriles is 1. The topological polar surface area (TPSA) is 62.1 Å². The van der Waals surface area contributed by atoms with Crippen molar-refractivity contribution in [2.75, 3.05) is 13.7 Å². The average molecular weight is 300 g/mol. The Balaban J connectivity index is 2.01. The van der Waals surface area contributed by atoms with Crippen molar-refractivity contribution in [2.24, 2.45) is 0 Å². The number of carbonyl (C=O) groups is 1. The van der Waals surface area contributed by atoms with E-state index in [2.05, 4.69) is 5.32 Å². The minimum absolute atomic E-state index is 0.160. The van der Waals surface area contributed by atoms with Crippen LogP contribution in [-0.2, 0) is 4.74 Å². The maximum atomic E-state index is 12.1. The number of nitrogens with one attached hydrogen (secondary N) is 1. The highest BCUT2D eigenvalue weighted by molar-refractivity contribution is 7.12. The predicted molar refractivity (Wildman–Crippen MR) is 82.3 cm³/mol. The summed E-state index contributed by atoms with van der Waals surface area (Å²) in [6.45, 7) is 2.43. The quantitative estimate of drug-likeness (QED) is 0.923. The number of rotatable bonds is 5. The van der Waals surface area contributed by atoms with Gasteiger partial charge in [0.2, 0.25) is 0 Å². The fraction of sp³-hybridized carbons (Fsp3) is 0.250. The first-order chi connectivity index (χ1) is 10.1. The van der Waals surface area contributed by atoms with Crippen molar-refractivity contribution in [3.63, 3.8) is 0 Å². The van der Waals surface area contributed by atoms with Gasteiger partial charge in [0.05, 0.1) is 11.6 Å². The number of methoxy groups -OCH3 is 1. The van der Waals surface area contributed by atoms with Crippen LogP contribution in [0.4, 0.5) is 0 Å². The molecule has 0 fully saturated rings. The lowest BCUT2D eigenvalue weighted by Crippen LogP contribution is -2.28. The van der Waals surface area contributed by atoms with Crippen molar-refractivity contribution >= 4 is 17.2 Å². The molecule has 1 aromatic heterocycles. The SMILES string of the molecule is COC(CNC(=O)c1cccc(C#N)c1)c1ccc(C)s1. The van der Waals surface area contributed by atoms with Crippen molar-refractivity contribution in [1.29, 1.82) is 5.26 Å². The molecule has 1 amide bonds. The number of ether oxygens (including phenoxy) is 1. The van der Waals surface area contributed by atoms with Crippen LogP contribution in [0.1, 0.15) is 31.8 Å². The smallest absolute Gasteiger partial charge is 0.251 e. The van der Waals surface area contributed by atoms with Gasteiger partial charge in [-0.3, -0.25) is 4.79 Å². The molecule has 0 aliphatic heterocycles. The highest BCUT2D eigenvalue weighted by atomic mass is 32.1. The van der Waals surface area contributed by atoms with E-state index < -0.39 is 0 Å². The first kappa shape index (κ1) is 15.2. The number of hydrogen-bond acceptors (Lipinski definition) is 4. The molecule has 5 heteroatoms. The van der Waals surface area contributed by atoms with E-state index in [1.807, 2.05) is 25.1 Å². The summed E-state index contributed by atoms with van der Waals surface area (Å²) < 4.78 is 5.42. The fourth-order valence-corrected chi connectivity index (χ4v) is 2.90. The summed E-state index contributed by atoms with van der Waals surface area (Å²) in [4.78, 5) is 14.4. The summed E-state index contributed by atoms with van der Waals surface area (Å²) >= 11 is 1.65. The molecule has 1 aromatic carbocycles. The van der Waals surface area contributed by atoms with E-state index in [1.54, 1.807) is 42.7 Å². The largest absolute Gasteiger partial charge is 0.374 e. The predicted octanol–water partition coefficient (Wildman–Crippen LogP) is 3.05. The lowest BCUT2D eigenvalue weighted by atomic mass is 10.1. The molecule has 0 spiro atoms. The molecule has 1 unspecified atom stereocenters. The van der Waals surface area contributed by atoms with Crippen molar-refractivity contribution in [3.8, 4) is 6.07 Å². The molecule has 0 saturated heterocycles. The van der Waals surface area contributed by atoms with E-state index in [-0.39, 0.29) is 12.0 Å². The van der Waals surface area contributed by atoms with Gasteiger partial charge in [-0.25, -0.2) is 0 Å². The monoisotopic (exact) mass is 300 g/mol. The lowest BCUT2D eigenvalue weighted by molar-refractivity contribution is 0.0837. The van der Waals surface area contributed by atoms with Crippen LogP contribution in [-0.4, -0.2) is 19.6 Å². The average Bonchev–Trinajstić information content (AvgIpc) is 2.94. The Labute approximate surface area is 128 Å². The molecule has 4 nitrogen and oxygen atoms in total. The van der Waals surface area contributed by atoms with Gasteiger partial charge in [-0.05, 0) is 37.3 Å². The van der Waals surface area contributed by atoms with E-state index in [0.29, 0.717) is 17.7 Å². The summed E-state index contributed by atoms with van der Waals surface area (Å²) in [5.41, 5.74) is 0.950. The van der Waals surface area contributed by atoms with Gasteiger partial charge in [-0.1, -0.05) is 6.07 Å². The number of hydrogen-bond donors (Lipinski definition) is 1. The van der Waals surface area contributed by atoms with E-state index in [1.165, 1.54) is 4.88 Å². The molecule has 1 atom stereocenters. The third-order valence-electron chi connectivity index (χ3n) is 3.06. The molecule has 1 N–H and O–H groups in total. The number of nitrogens with zero attached hydrogens (tertiary/aromatic N) is 1. The van der Waals surface area contributed by atoms with Crippen LogP contribution in [0.5, 0.6) is 0 Å². The van der Waals surface area contributed by atoms with Crippen LogP contribution >= 0.6 is 11.3 Å². The maximum Gasteiger partial charge on any atom is 0.251 e. The Morgan fingerprint density at radius 1 is 1.43 bits per heavy atom. The van der Waals surface area contributed by atoms with E-state index in [0.717, 1.165) is 4.88 Å². The summed E-state index contributed by atoms with van der Waals surface area (Å²) in [6, 6.07) is 12.7. The highest BCUT2D eigenvalue weighted by Gasteiger charge is 2.14. The molecule has 2 rings (SSSR count). The molecule has 0 aliphatic rings. The van der Waals surface area contributed by atoms with Crippen molar-refractivity contribution in [1.82, 2.24) is 5.32 Å². The van der Waals surface area contributed by atoms with Gasteiger partial charge < -0.3 is 10.1 Å². The number of thiophene rings is 1. The summed E-state index contributed by atoms with van der Waals surface area (Å²) in [7, 11) is 1.63. The van der Waals surface area contributed by atoms with Crippen LogP contribution in [0.25, 0.3) is 0 Å². The standard InChI is InChI=1S/C16H16N2O2S/c1-11-6-7-15(21-11)14(20-2)10-18-16(19)13-5-3-4-12(8-13)9-17/h3-8,14H,10H2,1-2H3,(H,18,19). The minimum Gasteiger partial charge on any atom is -0.374 e. The maximum absolute atomic E-state index is 12.1. The van der Waals surface area contributed by atoms with E-state index in [4.69, 9.17) is 10.00 Å². The van der Waals surface area contributed by atoms with Gasteiger partial charge in [-0.15, -0.1) is 11.3 Å². The lowest BCUT2D eigenvalue weighted by Gasteiger charge is -2.14. The first-order valence-corrected chi connectivity index (χ1v) is 7.33. The zero-order valence-electron chi connectivity index (χ0n) is 11.9. The Kier molecular flexibility index (Phi) is 5.09. The Morgan fingerprint density at radius 2 is 2.24 bits per heavy atom. The van der Waals surface area contributed by atoms with Crippen LogP contribution in [0, 0.1) is 18.3 Å². The molecular formula is C16H16N2O2S. The van der Waals surface area contributed by atoms with Crippen LogP contribution in [0.3, 0.4) is 0 Å². The van der Waals surface area contributed by atoms with Crippen molar-refractivity contribution in [2.45, 2.75) is 13.0 Å². The molecule has 0 saturated carbocycles. The Morgan fingerprint density at radius 3 is 2.86 bits per heavy atom. The summed E-state index contributed by atoms with van der Waals surface area (Å²) in [5, 5.41) is 11.7. The molecule has 108 valence electrons. The van der Waals surface area contributed by atoms with Gasteiger partial charge in [-0.2, -0.15) is 5.26 Å². The van der Waals surface area contributed by atoms with Gasteiger partial charge in [0.15, 0.2) is 0 Å². The third kappa shape index (κ3) is 3.91. The Bertz CT molecular complexity index is 673. The summed E-state index contributed by atoms with van der Waals surface area (Å²) in [5.74, 6) is -0.206. The number of amides is 1. The molecule has 21 heavy (non-hydrogen) atoms. The van der Waals surface area contributed by atoms with Crippen molar-refractivity contribution < 1.29 is 9.53 Å². The van der Waals surface area contributed by atoms with Crippen LogP contribution in [0.15, 0.2) is 36.4 Å². The Hall–Kier alpha value is -2.16. The number of aryl methyl sites for hydroxylation is 1. The molecule has 0 bridgehead atoms. The molecular weight excluding hydrogens is 284 g/mol. The van der Waals surface area contributed by atoms with Crippen molar-refractivity contribution in [3.05, 3.63) is 57.3 Å². The van der Waals surface area contributed by atoms with E-state index in [9.17, 15) is 4.79 Å². The normalized spacial score (nSPS) is 11.7. The fourth-order valence-electron chi connectivity index (χ4n) is 1.94. The molecule has 0 aliphatic carbocycles. The zero-order chi connectivity index (χ0) is 15.2. The van der Waals surface area contributed by atoms with Gasteiger partial charge >= 0.3 is 0 Å². The zero-order valence-corrected chi connectivity index (χ0v) is 12.7. The van der Waals surface area contributed by atoms with Crippen LogP contribution < -0.4 is 5.32 Å². The van der Waals surface area contributed by atoms with Gasteiger partial charge in [0.1, 0.15) is 6.10 Å². The van der Waals surface area contributed by atoms with E-state index >= 15 is 0 Å². The first-order valence-electron chi connectivity index (χ1n) is 6.51. The van der Waals surface area contributed by atoms with Gasteiger partial charge in [0.25, 0.3) is 5.91 Å². The van der Waals surface area contributed by atoms with Crippen LogP contribution in [0.2, 0.25) is 0 Å². The molecule has 0 radical (unpaired) electrons. The molecule has 1 heterocycles. The van der Waals surface area contributed by atoms with Gasteiger partial charge in [0, 0.05) is 29.0 Å². The molecule has 2 aromatic rings. The minimum atomic E-state index is -0.206. The second kappa shape index (κ2) is 7.02. The second-order valence-electron chi connectivity index (χ2n) is 4.58. The number of benzene rings is 1.